The van der Waals surface area contributed by atoms with Gasteiger partial charge in [0.05, 0.1) is 0 Å². The summed E-state index contributed by atoms with van der Waals surface area (Å²) in [4.78, 5) is 11.6. The van der Waals surface area contributed by atoms with Crippen molar-refractivity contribution in [2.24, 2.45) is 0 Å². The van der Waals surface area contributed by atoms with Crippen LogP contribution < -0.4 is 0 Å². The molecule has 0 aliphatic heterocycles. The van der Waals surface area contributed by atoms with Crippen molar-refractivity contribution in [2.75, 3.05) is 0 Å². The first-order valence-corrected chi connectivity index (χ1v) is 5.71. The van der Waals surface area contributed by atoms with Gasteiger partial charge < -0.3 is 0 Å². The first-order valence-electron chi connectivity index (χ1n) is 4.76. The topological polar surface area (TPSA) is 17.1 Å². The lowest BCUT2D eigenvalue weighted by Gasteiger charge is -1.96. The molecular formula is C13H9FOS. The molecule has 16 heavy (non-hydrogen) atoms. The zero-order chi connectivity index (χ0) is 11.4. The summed E-state index contributed by atoms with van der Waals surface area (Å²) in [5.41, 5.74) is 1.08. The quantitative estimate of drug-likeness (QED) is 0.578. The minimum absolute atomic E-state index is 0.367. The molecule has 3 heteroatoms. The zero-order valence-corrected chi connectivity index (χ0v) is 9.21. The molecule has 0 unspecified atom stereocenters. The minimum atomic E-state index is -0.732. The number of benzene rings is 1. The lowest BCUT2D eigenvalue weighted by atomic mass is 10.1. The predicted octanol–water partition coefficient (Wildman–Crippen LogP) is 3.94. The van der Waals surface area contributed by atoms with Gasteiger partial charge in [0, 0.05) is 5.56 Å². The van der Waals surface area contributed by atoms with Gasteiger partial charge in [-0.05, 0) is 28.5 Å². The van der Waals surface area contributed by atoms with E-state index < -0.39 is 11.6 Å². The Labute approximate surface area is 96.9 Å². The van der Waals surface area contributed by atoms with E-state index in [1.165, 1.54) is 17.4 Å². The number of hydrogen-bond donors (Lipinski definition) is 0. The molecule has 0 spiro atoms. The van der Waals surface area contributed by atoms with Crippen LogP contribution in [0.2, 0.25) is 0 Å². The van der Waals surface area contributed by atoms with Gasteiger partial charge in [-0.1, -0.05) is 30.3 Å². The SMILES string of the molecule is O=C(/C(F)=C/c1ccsc1)c1ccccc1. The second kappa shape index (κ2) is 4.86. The molecule has 1 nitrogen and oxygen atoms in total. The summed E-state index contributed by atoms with van der Waals surface area (Å²) in [7, 11) is 0. The van der Waals surface area contributed by atoms with Crippen molar-refractivity contribution < 1.29 is 9.18 Å². The summed E-state index contributed by atoms with van der Waals surface area (Å²) >= 11 is 1.47. The van der Waals surface area contributed by atoms with Gasteiger partial charge >= 0.3 is 0 Å². The van der Waals surface area contributed by atoms with Crippen LogP contribution in [0.1, 0.15) is 15.9 Å². The minimum Gasteiger partial charge on any atom is -0.286 e. The monoisotopic (exact) mass is 232 g/mol. The van der Waals surface area contributed by atoms with Crippen molar-refractivity contribution in [3.63, 3.8) is 0 Å². The molecular weight excluding hydrogens is 223 g/mol. The average molecular weight is 232 g/mol. The smallest absolute Gasteiger partial charge is 0.221 e. The van der Waals surface area contributed by atoms with Crippen molar-refractivity contribution in [2.45, 2.75) is 0 Å². The summed E-state index contributed by atoms with van der Waals surface area (Å²) in [5.74, 6) is -1.31. The molecule has 0 bridgehead atoms. The van der Waals surface area contributed by atoms with Crippen LogP contribution in [0.3, 0.4) is 0 Å². The number of ketones is 1. The largest absolute Gasteiger partial charge is 0.286 e. The number of thiophene rings is 1. The summed E-state index contributed by atoms with van der Waals surface area (Å²) in [6.45, 7) is 0. The maximum Gasteiger partial charge on any atom is 0.221 e. The van der Waals surface area contributed by atoms with Crippen LogP contribution in [-0.2, 0) is 0 Å². The number of halogens is 1. The highest BCUT2D eigenvalue weighted by atomic mass is 32.1. The normalized spacial score (nSPS) is 11.4. The molecule has 0 N–H and O–H groups in total. The van der Waals surface area contributed by atoms with Crippen LogP contribution in [0.25, 0.3) is 6.08 Å². The Morgan fingerprint density at radius 3 is 2.56 bits per heavy atom. The second-order valence-corrected chi connectivity index (χ2v) is 4.02. The first-order chi connectivity index (χ1) is 7.77. The van der Waals surface area contributed by atoms with E-state index in [0.717, 1.165) is 0 Å². The van der Waals surface area contributed by atoms with E-state index in [-0.39, 0.29) is 0 Å². The number of allylic oxidation sites excluding steroid dienone is 1. The Bertz CT molecular complexity index is 500. The van der Waals surface area contributed by atoms with Crippen molar-refractivity contribution in [1.29, 1.82) is 0 Å². The van der Waals surface area contributed by atoms with E-state index in [9.17, 15) is 9.18 Å². The van der Waals surface area contributed by atoms with Gasteiger partial charge in [-0.3, -0.25) is 4.79 Å². The van der Waals surface area contributed by atoms with Gasteiger partial charge in [0.2, 0.25) is 5.78 Å². The summed E-state index contributed by atoms with van der Waals surface area (Å²) in [5, 5.41) is 3.63. The maximum absolute atomic E-state index is 13.6. The third kappa shape index (κ3) is 2.44. The van der Waals surface area contributed by atoms with Crippen LogP contribution in [0.4, 0.5) is 4.39 Å². The zero-order valence-electron chi connectivity index (χ0n) is 8.39. The number of carbonyl (C=O) groups is 1. The fourth-order valence-corrected chi connectivity index (χ4v) is 1.91. The Hall–Kier alpha value is -1.74. The van der Waals surface area contributed by atoms with Gasteiger partial charge in [0.1, 0.15) is 0 Å². The van der Waals surface area contributed by atoms with E-state index in [1.54, 1.807) is 41.8 Å². The highest BCUT2D eigenvalue weighted by Crippen LogP contribution is 2.15. The predicted molar refractivity (Wildman–Crippen MR) is 64.2 cm³/mol. The molecule has 0 aliphatic carbocycles. The lowest BCUT2D eigenvalue weighted by molar-refractivity contribution is 0.101. The highest BCUT2D eigenvalue weighted by Gasteiger charge is 2.10. The van der Waals surface area contributed by atoms with Crippen molar-refractivity contribution in [1.82, 2.24) is 0 Å². The molecule has 0 amide bonds. The molecule has 1 heterocycles. The number of Topliss-reactive ketones (excluding diaryl/α,β-unsaturated/α-hetero) is 1. The number of rotatable bonds is 3. The van der Waals surface area contributed by atoms with Crippen LogP contribution >= 0.6 is 11.3 Å². The van der Waals surface area contributed by atoms with Crippen molar-refractivity contribution >= 4 is 23.2 Å². The molecule has 2 rings (SSSR count). The molecule has 0 fully saturated rings. The van der Waals surface area contributed by atoms with Gasteiger partial charge in [0.15, 0.2) is 5.83 Å². The third-order valence-corrected chi connectivity index (χ3v) is 2.79. The van der Waals surface area contributed by atoms with Gasteiger partial charge in [-0.15, -0.1) is 0 Å². The second-order valence-electron chi connectivity index (χ2n) is 3.24. The van der Waals surface area contributed by atoms with Crippen LogP contribution in [0.5, 0.6) is 0 Å². The Balaban J connectivity index is 2.23. The Morgan fingerprint density at radius 2 is 1.94 bits per heavy atom. The standard InChI is InChI=1S/C13H9FOS/c14-12(8-10-6-7-16-9-10)13(15)11-4-2-1-3-5-11/h1-9H/b12-8-. The molecule has 2 aromatic rings. The highest BCUT2D eigenvalue weighted by molar-refractivity contribution is 7.08. The third-order valence-electron chi connectivity index (χ3n) is 2.09. The van der Waals surface area contributed by atoms with Crippen molar-refractivity contribution in [3.05, 3.63) is 64.1 Å². The Kier molecular flexibility index (Phi) is 3.27. The number of hydrogen-bond acceptors (Lipinski definition) is 2. The molecule has 0 atom stereocenters. The summed E-state index contributed by atoms with van der Waals surface area (Å²) in [6, 6.07) is 10.2. The van der Waals surface area contributed by atoms with E-state index in [0.29, 0.717) is 11.1 Å². The molecule has 1 aromatic heterocycles. The summed E-state index contributed by atoms with van der Waals surface area (Å²) < 4.78 is 13.6. The maximum atomic E-state index is 13.6. The van der Waals surface area contributed by atoms with Gasteiger partial charge in [-0.25, -0.2) is 4.39 Å². The van der Waals surface area contributed by atoms with Crippen LogP contribution in [0.15, 0.2) is 53.0 Å². The fourth-order valence-electron chi connectivity index (χ4n) is 1.30. The fraction of sp³-hybridized carbons (Fsp3) is 0. The molecule has 1 aromatic carbocycles. The molecule has 0 saturated heterocycles. The molecule has 0 saturated carbocycles. The van der Waals surface area contributed by atoms with E-state index in [4.69, 9.17) is 0 Å². The van der Waals surface area contributed by atoms with Gasteiger partial charge in [0.25, 0.3) is 0 Å². The van der Waals surface area contributed by atoms with E-state index in [2.05, 4.69) is 0 Å². The van der Waals surface area contributed by atoms with Crippen LogP contribution in [0, 0.1) is 0 Å². The number of carbonyl (C=O) groups excluding carboxylic acids is 1. The summed E-state index contributed by atoms with van der Waals surface area (Å²) in [6.07, 6.45) is 1.26. The molecule has 80 valence electrons. The molecule has 0 radical (unpaired) electrons. The first kappa shape index (κ1) is 10.8. The van der Waals surface area contributed by atoms with Crippen molar-refractivity contribution in [3.8, 4) is 0 Å². The molecule has 0 aliphatic rings. The van der Waals surface area contributed by atoms with E-state index in [1.807, 2.05) is 5.38 Å². The average Bonchev–Trinajstić information content (AvgIpc) is 2.82. The van der Waals surface area contributed by atoms with Gasteiger partial charge in [-0.2, -0.15) is 11.3 Å². The van der Waals surface area contributed by atoms with Crippen LogP contribution in [-0.4, -0.2) is 5.78 Å². The van der Waals surface area contributed by atoms with E-state index >= 15 is 0 Å². The Morgan fingerprint density at radius 1 is 1.19 bits per heavy atom. The lowest BCUT2D eigenvalue weighted by Crippen LogP contribution is -1.98.